The Morgan fingerprint density at radius 1 is 0.750 bits per heavy atom. The Morgan fingerprint density at radius 2 is 1.30 bits per heavy atom. The molecule has 1 unspecified atom stereocenters. The highest BCUT2D eigenvalue weighted by atomic mass is 14.3. The fraction of sp³-hybridized carbons (Fsp3) is 0.700. The first kappa shape index (κ1) is 34.6. The molecule has 0 aromatic heterocycles. The summed E-state index contributed by atoms with van der Waals surface area (Å²) in [6, 6.07) is 0. The van der Waals surface area contributed by atoms with E-state index in [0.717, 1.165) is 5.92 Å². The predicted molar refractivity (Wildman–Crippen MR) is 182 cm³/mol. The molecule has 0 fully saturated rings. The maximum atomic E-state index is 2.53. The molecule has 0 amide bonds. The molecule has 0 aromatic rings. The summed E-state index contributed by atoms with van der Waals surface area (Å²) in [6.45, 7) is 23.9. The van der Waals surface area contributed by atoms with Crippen molar-refractivity contribution in [3.05, 3.63) is 69.4 Å². The Balaban J connectivity index is 1.64. The quantitative estimate of drug-likeness (QED) is 0.109. The minimum absolute atomic E-state index is 0.397. The number of hydrogen-bond acceptors (Lipinski definition) is 0. The summed E-state index contributed by atoms with van der Waals surface area (Å²) < 4.78 is 0. The van der Waals surface area contributed by atoms with E-state index in [0.29, 0.717) is 10.8 Å². The molecule has 2 aliphatic carbocycles. The van der Waals surface area contributed by atoms with Crippen LogP contribution >= 0.6 is 0 Å². The SMILES string of the molecule is CC1=C(CC/C(C)=C/C=C/C(C)=C/CCCC(C)CC/C=C(\C)CCC2=C(C)CCCC2(C)C)C(C)(C)CCC1. The van der Waals surface area contributed by atoms with E-state index >= 15 is 0 Å². The van der Waals surface area contributed by atoms with Crippen molar-refractivity contribution in [2.45, 2.75) is 166 Å². The van der Waals surface area contributed by atoms with E-state index in [4.69, 9.17) is 0 Å². The Hall–Kier alpha value is -1.56. The second-order valence-corrected chi connectivity index (χ2v) is 15.0. The van der Waals surface area contributed by atoms with Crippen molar-refractivity contribution in [3.63, 3.8) is 0 Å². The van der Waals surface area contributed by atoms with E-state index in [9.17, 15) is 0 Å². The largest absolute Gasteiger partial charge is 0.0856 e. The Bertz CT molecular complexity index is 981. The van der Waals surface area contributed by atoms with Crippen LogP contribution in [-0.4, -0.2) is 0 Å². The van der Waals surface area contributed by atoms with E-state index in [-0.39, 0.29) is 0 Å². The molecule has 0 nitrogen and oxygen atoms in total. The van der Waals surface area contributed by atoms with Gasteiger partial charge in [-0.1, -0.05) is 110 Å². The molecule has 226 valence electrons. The van der Waals surface area contributed by atoms with Crippen LogP contribution in [0, 0.1) is 16.7 Å². The summed E-state index contributed by atoms with van der Waals surface area (Å²) in [4.78, 5) is 0. The molecule has 0 radical (unpaired) electrons. The summed E-state index contributed by atoms with van der Waals surface area (Å²) >= 11 is 0. The highest BCUT2D eigenvalue weighted by molar-refractivity contribution is 5.26. The van der Waals surface area contributed by atoms with Crippen LogP contribution < -0.4 is 0 Å². The number of unbranched alkanes of at least 4 members (excludes halogenated alkanes) is 1. The van der Waals surface area contributed by atoms with Gasteiger partial charge >= 0.3 is 0 Å². The fourth-order valence-electron chi connectivity index (χ4n) is 7.27. The van der Waals surface area contributed by atoms with E-state index in [2.05, 4.69) is 99.6 Å². The van der Waals surface area contributed by atoms with Gasteiger partial charge in [0.15, 0.2) is 0 Å². The van der Waals surface area contributed by atoms with Crippen molar-refractivity contribution < 1.29 is 0 Å². The lowest BCUT2D eigenvalue weighted by Gasteiger charge is -2.35. The highest BCUT2D eigenvalue weighted by Crippen LogP contribution is 2.43. The van der Waals surface area contributed by atoms with Crippen LogP contribution in [0.3, 0.4) is 0 Å². The molecule has 2 aliphatic rings. The van der Waals surface area contributed by atoms with Crippen LogP contribution in [0.25, 0.3) is 0 Å². The molecule has 0 aliphatic heterocycles. The molecule has 0 heteroatoms. The standard InChI is InChI=1S/C40H66/c1-31(19-13-21-33(3)25-27-37-35(5)23-15-29-39(37,7)8)17-11-12-18-32(2)20-14-22-34(4)26-28-38-36(6)24-16-30-40(38,9)10/h13,17,19,21-22,32H,11-12,14-16,18,20,23-30H2,1-10H3/b19-13+,31-17+,33-21+,34-22+. The summed E-state index contributed by atoms with van der Waals surface area (Å²) in [5.41, 5.74) is 12.1. The lowest BCUT2D eigenvalue weighted by atomic mass is 9.71. The van der Waals surface area contributed by atoms with Crippen LogP contribution in [0.4, 0.5) is 0 Å². The van der Waals surface area contributed by atoms with Gasteiger partial charge in [-0.25, -0.2) is 0 Å². The second-order valence-electron chi connectivity index (χ2n) is 15.0. The van der Waals surface area contributed by atoms with Crippen molar-refractivity contribution in [3.8, 4) is 0 Å². The third-order valence-electron chi connectivity index (χ3n) is 10.2. The Labute approximate surface area is 251 Å². The molecule has 0 aromatic carbocycles. The number of rotatable bonds is 15. The van der Waals surface area contributed by atoms with Crippen molar-refractivity contribution >= 4 is 0 Å². The van der Waals surface area contributed by atoms with Crippen LogP contribution in [0.15, 0.2) is 69.4 Å². The summed E-state index contributed by atoms with van der Waals surface area (Å²) in [5, 5.41) is 0. The molecule has 0 N–H and O–H groups in total. The lowest BCUT2D eigenvalue weighted by molar-refractivity contribution is 0.354. The van der Waals surface area contributed by atoms with Crippen LogP contribution in [0.2, 0.25) is 0 Å². The van der Waals surface area contributed by atoms with Gasteiger partial charge in [0.25, 0.3) is 0 Å². The van der Waals surface area contributed by atoms with E-state index in [1.165, 1.54) is 107 Å². The van der Waals surface area contributed by atoms with E-state index in [1.54, 1.807) is 27.9 Å². The minimum atomic E-state index is 0.397. The summed E-state index contributed by atoms with van der Waals surface area (Å²) in [7, 11) is 0. The monoisotopic (exact) mass is 547 g/mol. The molecule has 1 atom stereocenters. The maximum Gasteiger partial charge on any atom is -0.0142 e. The topological polar surface area (TPSA) is 0 Å². The van der Waals surface area contributed by atoms with Crippen molar-refractivity contribution in [2.24, 2.45) is 16.7 Å². The molecule has 2 rings (SSSR count). The molecule has 40 heavy (non-hydrogen) atoms. The van der Waals surface area contributed by atoms with Gasteiger partial charge in [-0.3, -0.25) is 0 Å². The molecule has 0 saturated carbocycles. The zero-order valence-corrected chi connectivity index (χ0v) is 28.6. The van der Waals surface area contributed by atoms with Crippen molar-refractivity contribution in [1.82, 2.24) is 0 Å². The molecule has 0 saturated heterocycles. The van der Waals surface area contributed by atoms with Gasteiger partial charge < -0.3 is 0 Å². The van der Waals surface area contributed by atoms with Crippen LogP contribution in [-0.2, 0) is 0 Å². The van der Waals surface area contributed by atoms with Gasteiger partial charge in [0.2, 0.25) is 0 Å². The van der Waals surface area contributed by atoms with Gasteiger partial charge in [0, 0.05) is 0 Å². The average molecular weight is 547 g/mol. The van der Waals surface area contributed by atoms with E-state index < -0.39 is 0 Å². The number of hydrogen-bond donors (Lipinski definition) is 0. The highest BCUT2D eigenvalue weighted by Gasteiger charge is 2.28. The molecule has 0 heterocycles. The van der Waals surface area contributed by atoms with Gasteiger partial charge in [-0.15, -0.1) is 0 Å². The fourth-order valence-corrected chi connectivity index (χ4v) is 7.27. The molecule has 0 spiro atoms. The summed E-state index contributed by atoms with van der Waals surface area (Å²) in [6.07, 6.45) is 31.2. The zero-order chi connectivity index (χ0) is 29.8. The van der Waals surface area contributed by atoms with Crippen LogP contribution in [0.5, 0.6) is 0 Å². The number of allylic oxidation sites excluding steroid dienone is 12. The lowest BCUT2D eigenvalue weighted by Crippen LogP contribution is -2.20. The van der Waals surface area contributed by atoms with Crippen molar-refractivity contribution in [1.29, 1.82) is 0 Å². The van der Waals surface area contributed by atoms with Gasteiger partial charge in [-0.05, 0) is 141 Å². The minimum Gasteiger partial charge on any atom is -0.0856 e. The Morgan fingerprint density at radius 3 is 1.85 bits per heavy atom. The zero-order valence-electron chi connectivity index (χ0n) is 28.6. The van der Waals surface area contributed by atoms with Crippen LogP contribution in [0.1, 0.15) is 166 Å². The molecule has 0 bridgehead atoms. The van der Waals surface area contributed by atoms with E-state index in [1.807, 2.05) is 0 Å². The van der Waals surface area contributed by atoms with Crippen molar-refractivity contribution in [2.75, 3.05) is 0 Å². The summed E-state index contributed by atoms with van der Waals surface area (Å²) in [5.74, 6) is 0.814. The Kier molecular flexibility index (Phi) is 14.5. The van der Waals surface area contributed by atoms with Gasteiger partial charge in [-0.2, -0.15) is 0 Å². The average Bonchev–Trinajstić information content (AvgIpc) is 2.85. The first-order chi connectivity index (χ1) is 18.8. The first-order valence-corrected chi connectivity index (χ1v) is 16.9. The third-order valence-corrected chi connectivity index (χ3v) is 10.2. The predicted octanol–water partition coefficient (Wildman–Crippen LogP) is 13.6. The first-order valence-electron chi connectivity index (χ1n) is 16.9. The molecular weight excluding hydrogens is 480 g/mol. The second kappa shape index (κ2) is 16.8. The molecular formula is C40H66. The third kappa shape index (κ3) is 12.1. The normalized spacial score (nSPS) is 21.5. The van der Waals surface area contributed by atoms with Gasteiger partial charge in [0.05, 0.1) is 0 Å². The van der Waals surface area contributed by atoms with Gasteiger partial charge in [0.1, 0.15) is 0 Å². The smallest absolute Gasteiger partial charge is 0.0142 e. The maximum absolute atomic E-state index is 2.53.